The smallest absolute Gasteiger partial charge is 0.343 e. The van der Waals surface area contributed by atoms with Crippen molar-refractivity contribution >= 4 is 17.8 Å². The highest BCUT2D eigenvalue weighted by atomic mass is 19.1. The van der Waals surface area contributed by atoms with Gasteiger partial charge in [-0.2, -0.15) is 0 Å². The second kappa shape index (κ2) is 8.16. The van der Waals surface area contributed by atoms with Gasteiger partial charge in [0.1, 0.15) is 6.04 Å². The number of aliphatic carboxylic acids is 1. The normalized spacial score (nSPS) is 19.8. The van der Waals surface area contributed by atoms with Gasteiger partial charge in [0.15, 0.2) is 0 Å². The summed E-state index contributed by atoms with van der Waals surface area (Å²) in [5.41, 5.74) is -1.35. The van der Waals surface area contributed by atoms with Crippen molar-refractivity contribution in [1.29, 1.82) is 0 Å². The Bertz CT molecular complexity index is 862. The van der Waals surface area contributed by atoms with Crippen molar-refractivity contribution in [2.45, 2.75) is 24.6 Å². The van der Waals surface area contributed by atoms with E-state index in [1.165, 1.54) is 12.4 Å². The van der Waals surface area contributed by atoms with E-state index in [2.05, 4.69) is 10.3 Å². The lowest BCUT2D eigenvalue weighted by atomic mass is 10.0. The highest BCUT2D eigenvalue weighted by molar-refractivity contribution is 5.97. The van der Waals surface area contributed by atoms with Crippen LogP contribution in [0.5, 0.6) is 0 Å². The number of benzene rings is 1. The highest BCUT2D eigenvalue weighted by Crippen LogP contribution is 2.26. The van der Waals surface area contributed by atoms with Gasteiger partial charge in [0.25, 0.3) is 5.91 Å². The number of hydrogen-bond donors (Lipinski definition) is 2. The molecule has 2 atom stereocenters. The van der Waals surface area contributed by atoms with Crippen molar-refractivity contribution in [3.05, 3.63) is 66.0 Å². The molecular formula is C20H20FN3O4. The minimum absolute atomic E-state index is 0.0182. The van der Waals surface area contributed by atoms with Crippen molar-refractivity contribution in [2.24, 2.45) is 0 Å². The Hall–Kier alpha value is -3.29. The molecule has 2 unspecified atom stereocenters. The van der Waals surface area contributed by atoms with E-state index in [9.17, 15) is 18.8 Å². The first-order valence-corrected chi connectivity index (χ1v) is 8.85. The number of amides is 2. The van der Waals surface area contributed by atoms with Gasteiger partial charge in [0.2, 0.25) is 11.6 Å². The number of carbonyl (C=O) groups is 3. The fourth-order valence-electron chi connectivity index (χ4n) is 3.14. The molecule has 3 rings (SSSR count). The first-order valence-electron chi connectivity index (χ1n) is 8.85. The number of alkyl halides is 1. The fraction of sp³-hybridized carbons (Fsp3) is 0.300. The van der Waals surface area contributed by atoms with Gasteiger partial charge in [0.05, 0.1) is 12.1 Å². The second-order valence-corrected chi connectivity index (χ2v) is 6.74. The second-order valence-electron chi connectivity index (χ2n) is 6.74. The maximum atomic E-state index is 14.4. The van der Waals surface area contributed by atoms with Gasteiger partial charge in [-0.1, -0.05) is 30.3 Å². The molecule has 1 saturated heterocycles. The lowest BCUT2D eigenvalue weighted by molar-refractivity contribution is -0.150. The van der Waals surface area contributed by atoms with Crippen LogP contribution >= 0.6 is 0 Å². The van der Waals surface area contributed by atoms with Crippen LogP contribution < -0.4 is 5.32 Å². The molecular weight excluding hydrogens is 365 g/mol. The number of aromatic nitrogens is 1. The minimum atomic E-state index is -2.46. The van der Waals surface area contributed by atoms with Gasteiger partial charge >= 0.3 is 5.97 Å². The summed E-state index contributed by atoms with van der Waals surface area (Å²) in [4.78, 5) is 41.6. The van der Waals surface area contributed by atoms with Crippen molar-refractivity contribution in [3.63, 3.8) is 0 Å². The third kappa shape index (κ3) is 4.33. The Morgan fingerprint density at radius 1 is 1.21 bits per heavy atom. The standard InChI is InChI=1S/C20H20FN3O4/c21-20(19(27)28)8-10-24(13-20)18(26)16(11-14-5-2-1-3-6-14)23-17(25)15-7-4-9-22-12-15/h1-7,9,12,16H,8,10-11,13H2,(H,23,25)(H,27,28). The van der Waals surface area contributed by atoms with E-state index in [1.807, 2.05) is 30.3 Å². The third-order valence-electron chi connectivity index (χ3n) is 4.72. The van der Waals surface area contributed by atoms with Crippen LogP contribution in [0.3, 0.4) is 0 Å². The Kier molecular flexibility index (Phi) is 5.67. The van der Waals surface area contributed by atoms with Gasteiger partial charge in [-0.15, -0.1) is 0 Å². The summed E-state index contributed by atoms with van der Waals surface area (Å²) in [6.45, 7) is -0.551. The number of carbonyl (C=O) groups excluding carboxylic acids is 2. The molecule has 0 bridgehead atoms. The van der Waals surface area contributed by atoms with Gasteiger partial charge in [-0.05, 0) is 17.7 Å². The molecule has 8 heteroatoms. The fourth-order valence-corrected chi connectivity index (χ4v) is 3.14. The number of halogens is 1. The molecule has 146 valence electrons. The summed E-state index contributed by atoms with van der Waals surface area (Å²) in [6.07, 6.45) is 2.84. The van der Waals surface area contributed by atoms with Crippen LogP contribution in [0, 0.1) is 0 Å². The average Bonchev–Trinajstić information content (AvgIpc) is 3.12. The number of nitrogens with one attached hydrogen (secondary N) is 1. The van der Waals surface area contributed by atoms with Gasteiger partial charge < -0.3 is 15.3 Å². The Morgan fingerprint density at radius 3 is 2.57 bits per heavy atom. The molecule has 1 aliphatic rings. The maximum absolute atomic E-state index is 14.4. The maximum Gasteiger partial charge on any atom is 0.343 e. The molecule has 1 fully saturated rings. The zero-order valence-corrected chi connectivity index (χ0v) is 15.0. The van der Waals surface area contributed by atoms with E-state index in [0.717, 1.165) is 10.5 Å². The van der Waals surface area contributed by atoms with E-state index in [0.29, 0.717) is 5.56 Å². The predicted octanol–water partition coefficient (Wildman–Crippen LogP) is 1.45. The van der Waals surface area contributed by atoms with E-state index in [4.69, 9.17) is 5.11 Å². The first kappa shape index (κ1) is 19.5. The predicted molar refractivity (Wildman–Crippen MR) is 98.3 cm³/mol. The quantitative estimate of drug-likeness (QED) is 0.784. The molecule has 28 heavy (non-hydrogen) atoms. The van der Waals surface area contributed by atoms with Crippen LogP contribution in [-0.4, -0.2) is 57.6 Å². The van der Waals surface area contributed by atoms with E-state index in [1.54, 1.807) is 12.1 Å². The van der Waals surface area contributed by atoms with Gasteiger partial charge in [-0.25, -0.2) is 9.18 Å². The van der Waals surface area contributed by atoms with Gasteiger partial charge in [0, 0.05) is 31.8 Å². The Morgan fingerprint density at radius 2 is 1.96 bits per heavy atom. The van der Waals surface area contributed by atoms with Crippen LogP contribution in [0.15, 0.2) is 54.9 Å². The number of pyridine rings is 1. The Labute approximate surface area is 161 Å². The molecule has 2 aromatic rings. The SMILES string of the molecule is O=C(NC(Cc1ccccc1)C(=O)N1CCC(F)(C(=O)O)C1)c1cccnc1. The first-order chi connectivity index (χ1) is 13.4. The van der Waals surface area contributed by atoms with Crippen LogP contribution in [0.4, 0.5) is 4.39 Å². The van der Waals surface area contributed by atoms with Crippen molar-refractivity contribution in [1.82, 2.24) is 15.2 Å². The lowest BCUT2D eigenvalue weighted by Crippen LogP contribution is -2.50. The summed E-state index contributed by atoms with van der Waals surface area (Å²) < 4.78 is 14.4. The molecule has 7 nitrogen and oxygen atoms in total. The topological polar surface area (TPSA) is 99.6 Å². The van der Waals surface area contributed by atoms with Crippen LogP contribution in [0.25, 0.3) is 0 Å². The summed E-state index contributed by atoms with van der Waals surface area (Å²) in [6, 6.07) is 11.3. The third-order valence-corrected chi connectivity index (χ3v) is 4.72. The minimum Gasteiger partial charge on any atom is -0.479 e. The number of rotatable bonds is 6. The molecule has 0 saturated carbocycles. The van der Waals surface area contributed by atoms with Crippen LogP contribution in [0.1, 0.15) is 22.3 Å². The molecule has 1 aliphatic heterocycles. The molecule has 1 aromatic carbocycles. The van der Waals surface area contributed by atoms with Crippen molar-refractivity contribution in [3.8, 4) is 0 Å². The molecule has 1 aromatic heterocycles. The van der Waals surface area contributed by atoms with E-state index in [-0.39, 0.29) is 19.4 Å². The summed E-state index contributed by atoms with van der Waals surface area (Å²) >= 11 is 0. The average molecular weight is 385 g/mol. The lowest BCUT2D eigenvalue weighted by Gasteiger charge is -2.25. The zero-order valence-electron chi connectivity index (χ0n) is 15.0. The monoisotopic (exact) mass is 385 g/mol. The van der Waals surface area contributed by atoms with E-state index < -0.39 is 36.0 Å². The molecule has 0 aliphatic carbocycles. The molecule has 2 amide bonds. The van der Waals surface area contributed by atoms with Crippen LogP contribution in [0.2, 0.25) is 0 Å². The number of likely N-dealkylation sites (tertiary alicyclic amines) is 1. The number of carboxylic acids is 1. The number of hydrogen-bond acceptors (Lipinski definition) is 4. The summed E-state index contributed by atoms with van der Waals surface area (Å²) in [5, 5.41) is 11.7. The molecule has 0 spiro atoms. The molecule has 2 N–H and O–H groups in total. The highest BCUT2D eigenvalue weighted by Gasteiger charge is 2.47. The summed E-state index contributed by atoms with van der Waals surface area (Å²) in [7, 11) is 0. The largest absolute Gasteiger partial charge is 0.479 e. The van der Waals surface area contributed by atoms with Crippen molar-refractivity contribution in [2.75, 3.05) is 13.1 Å². The Balaban J connectivity index is 1.78. The van der Waals surface area contributed by atoms with Crippen LogP contribution in [-0.2, 0) is 16.0 Å². The number of nitrogens with zero attached hydrogens (tertiary/aromatic N) is 2. The molecule has 0 radical (unpaired) electrons. The zero-order chi connectivity index (χ0) is 20.1. The number of carboxylic acid groups (broad SMARTS) is 1. The van der Waals surface area contributed by atoms with Crippen molar-refractivity contribution < 1.29 is 23.9 Å². The van der Waals surface area contributed by atoms with E-state index >= 15 is 0 Å². The summed E-state index contributed by atoms with van der Waals surface area (Å²) in [5.74, 6) is -2.57. The van der Waals surface area contributed by atoms with Gasteiger partial charge in [-0.3, -0.25) is 14.6 Å². The molecule has 2 heterocycles.